The van der Waals surface area contributed by atoms with Gasteiger partial charge < -0.3 is 19.9 Å². The summed E-state index contributed by atoms with van der Waals surface area (Å²) in [5.74, 6) is -0.723. The Bertz CT molecular complexity index is 1330. The van der Waals surface area contributed by atoms with E-state index in [1.165, 1.54) is 24.9 Å². The zero-order valence-corrected chi connectivity index (χ0v) is 20.5. The third kappa shape index (κ3) is 6.66. The van der Waals surface area contributed by atoms with Crippen molar-refractivity contribution in [1.29, 1.82) is 0 Å². The fourth-order valence-corrected chi connectivity index (χ4v) is 4.75. The Morgan fingerprint density at radius 3 is 2.89 bits per heavy atom. The van der Waals surface area contributed by atoms with Crippen molar-refractivity contribution in [3.63, 3.8) is 0 Å². The van der Waals surface area contributed by atoms with E-state index in [-0.39, 0.29) is 42.6 Å². The molecule has 1 aliphatic carbocycles. The molecular weight excluding hydrogens is 512 g/mol. The number of hydrogen-bond acceptors (Lipinski definition) is 10. The number of carbonyl (C=O) groups is 1. The van der Waals surface area contributed by atoms with E-state index in [4.69, 9.17) is 21.2 Å². The van der Waals surface area contributed by atoms with Crippen LogP contribution in [0.25, 0.3) is 0 Å². The smallest absolute Gasteiger partial charge is 0.333 e. The fourth-order valence-electron chi connectivity index (χ4n) is 4.17. The number of nitrogens with one attached hydrogen (secondary N) is 1. The number of carbonyl (C=O) groups excluding carboxylic acids is 1. The second kappa shape index (κ2) is 11.0. The fraction of sp³-hybridized carbons (Fsp3) is 0.348. The van der Waals surface area contributed by atoms with E-state index in [1.807, 2.05) is 6.07 Å². The van der Waals surface area contributed by atoms with Gasteiger partial charge >= 0.3 is 10.3 Å². The monoisotopic (exact) mass is 536 g/mol. The number of ketones is 1. The average Bonchev–Trinajstić information content (AvgIpc) is 3.44. The van der Waals surface area contributed by atoms with E-state index >= 15 is 0 Å². The molecule has 4 rings (SSSR count). The van der Waals surface area contributed by atoms with Gasteiger partial charge in [-0.3, -0.25) is 8.98 Å². The van der Waals surface area contributed by atoms with Crippen LogP contribution in [0, 0.1) is 5.92 Å². The van der Waals surface area contributed by atoms with Crippen molar-refractivity contribution in [2.45, 2.75) is 37.5 Å². The van der Waals surface area contributed by atoms with Crippen molar-refractivity contribution in [2.75, 3.05) is 11.9 Å². The van der Waals surface area contributed by atoms with Gasteiger partial charge in [-0.2, -0.15) is 8.42 Å². The van der Waals surface area contributed by atoms with Crippen molar-refractivity contribution in [3.05, 3.63) is 76.6 Å². The lowest BCUT2D eigenvalue weighted by atomic mass is 10.0. The molecule has 0 amide bonds. The van der Waals surface area contributed by atoms with Crippen molar-refractivity contribution < 1.29 is 32.0 Å². The van der Waals surface area contributed by atoms with Crippen LogP contribution in [-0.2, 0) is 20.9 Å². The van der Waals surface area contributed by atoms with Crippen LogP contribution in [0.15, 0.2) is 53.5 Å². The molecular formula is C23H25ClN4O7S. The topological polar surface area (TPSA) is 178 Å². The van der Waals surface area contributed by atoms with Gasteiger partial charge in [0.1, 0.15) is 12.1 Å². The van der Waals surface area contributed by atoms with Crippen LogP contribution < -0.4 is 10.5 Å². The lowest BCUT2D eigenvalue weighted by Gasteiger charge is -2.15. The van der Waals surface area contributed by atoms with E-state index in [9.17, 15) is 23.4 Å². The normalized spacial score (nSPS) is 20.8. The number of aliphatic hydroxyl groups excluding tert-OH is 2. The second-order valence-corrected chi connectivity index (χ2v) is 10.3. The highest BCUT2D eigenvalue weighted by molar-refractivity contribution is 7.84. The van der Waals surface area contributed by atoms with Crippen LogP contribution in [0.5, 0.6) is 0 Å². The standard InChI is InChI=1S/C23H25ClN4O7S/c24-16-3-1-2-13(4-16)5-19(29)15-7-21(34-10-15)22(31)18-9-26-12-27-23(18)28-17-6-14(20(30)8-17)11-35-36(25,32)33/h1-4,7,9-10,12,14,17,19-20,29-30H,5-6,8,11H2,(H2,25,32,33)(H,26,27,28)/t14-,17-,19+,20+/m1/s1. The number of rotatable bonds is 10. The summed E-state index contributed by atoms with van der Waals surface area (Å²) in [6, 6.07) is 8.28. The highest BCUT2D eigenvalue weighted by Crippen LogP contribution is 2.30. The molecule has 0 saturated heterocycles. The maximum Gasteiger partial charge on any atom is 0.333 e. The number of nitrogens with zero attached hydrogens (tertiary/aromatic N) is 2. The van der Waals surface area contributed by atoms with Gasteiger partial charge in [0.15, 0.2) is 5.76 Å². The second-order valence-electron chi connectivity index (χ2n) is 8.63. The Morgan fingerprint density at radius 2 is 2.14 bits per heavy atom. The summed E-state index contributed by atoms with van der Waals surface area (Å²) >= 11 is 6.00. The van der Waals surface area contributed by atoms with Gasteiger partial charge in [-0.05, 0) is 36.6 Å². The first-order chi connectivity index (χ1) is 17.1. The van der Waals surface area contributed by atoms with Gasteiger partial charge in [0, 0.05) is 35.2 Å². The molecule has 11 nitrogen and oxygen atoms in total. The third-order valence-corrected chi connectivity index (χ3v) is 6.65. The van der Waals surface area contributed by atoms with Crippen LogP contribution in [0.2, 0.25) is 5.02 Å². The SMILES string of the molecule is NS(=O)(=O)OC[C@H]1C[C@@H](Nc2ncncc2C(=O)c2cc([C@@H](O)Cc3cccc(Cl)c3)co2)C[C@@H]1O. The minimum atomic E-state index is -4.11. The Hall–Kier alpha value is -2.87. The Morgan fingerprint density at radius 1 is 1.33 bits per heavy atom. The maximum absolute atomic E-state index is 13.2. The Labute approximate surface area is 212 Å². The molecule has 0 aliphatic heterocycles. The van der Waals surface area contributed by atoms with Gasteiger partial charge in [-0.15, -0.1) is 0 Å². The molecule has 1 aliphatic rings. The van der Waals surface area contributed by atoms with Crippen molar-refractivity contribution in [1.82, 2.24) is 9.97 Å². The van der Waals surface area contributed by atoms with Gasteiger partial charge in [0.2, 0.25) is 5.78 Å². The molecule has 1 aromatic carbocycles. The van der Waals surface area contributed by atoms with Crippen LogP contribution >= 0.6 is 11.6 Å². The molecule has 3 aromatic rings. The molecule has 192 valence electrons. The first-order valence-electron chi connectivity index (χ1n) is 11.1. The summed E-state index contributed by atoms with van der Waals surface area (Å²) in [4.78, 5) is 21.2. The highest BCUT2D eigenvalue weighted by Gasteiger charge is 2.35. The van der Waals surface area contributed by atoms with Crippen LogP contribution in [0.1, 0.15) is 46.2 Å². The van der Waals surface area contributed by atoms with Gasteiger partial charge in [-0.25, -0.2) is 15.1 Å². The van der Waals surface area contributed by atoms with Crippen LogP contribution in [0.3, 0.4) is 0 Å². The number of aliphatic hydroxyl groups is 2. The van der Waals surface area contributed by atoms with E-state index < -0.39 is 34.2 Å². The molecule has 0 bridgehead atoms. The molecule has 0 unspecified atom stereocenters. The summed E-state index contributed by atoms with van der Waals surface area (Å²) in [5, 5.41) is 29.4. The van der Waals surface area contributed by atoms with Gasteiger partial charge in [-0.1, -0.05) is 23.7 Å². The lowest BCUT2D eigenvalue weighted by molar-refractivity contribution is 0.100. The minimum absolute atomic E-state index is 0.00104. The number of hydrogen-bond donors (Lipinski definition) is 4. The van der Waals surface area contributed by atoms with E-state index in [0.29, 0.717) is 17.0 Å². The molecule has 0 radical (unpaired) electrons. The molecule has 1 saturated carbocycles. The molecule has 13 heteroatoms. The summed E-state index contributed by atoms with van der Waals surface area (Å²) in [6.45, 7) is -0.250. The lowest BCUT2D eigenvalue weighted by Crippen LogP contribution is -2.24. The first-order valence-corrected chi connectivity index (χ1v) is 12.9. The quantitative estimate of drug-likeness (QED) is 0.280. The number of nitrogens with two attached hydrogens (primary N) is 1. The molecule has 36 heavy (non-hydrogen) atoms. The Kier molecular flexibility index (Phi) is 8.03. The van der Waals surface area contributed by atoms with Gasteiger partial charge in [0.05, 0.1) is 30.6 Å². The predicted octanol–water partition coefficient (Wildman–Crippen LogP) is 2.00. The molecule has 1 fully saturated rings. The molecule has 4 atom stereocenters. The Balaban J connectivity index is 1.43. The van der Waals surface area contributed by atoms with Crippen molar-refractivity contribution in [3.8, 4) is 0 Å². The largest absolute Gasteiger partial charge is 0.460 e. The summed E-state index contributed by atoms with van der Waals surface area (Å²) in [6.07, 6.45) is 3.15. The van der Waals surface area contributed by atoms with Crippen molar-refractivity contribution in [2.24, 2.45) is 11.1 Å². The maximum atomic E-state index is 13.2. The van der Waals surface area contributed by atoms with E-state index in [1.54, 1.807) is 18.2 Å². The number of halogens is 1. The molecule has 2 heterocycles. The summed E-state index contributed by atoms with van der Waals surface area (Å²) < 4.78 is 32.1. The molecule has 5 N–H and O–H groups in total. The number of furan rings is 1. The average molecular weight is 537 g/mol. The number of benzene rings is 1. The number of anilines is 1. The predicted molar refractivity (Wildman–Crippen MR) is 129 cm³/mol. The number of aromatic nitrogens is 2. The third-order valence-electron chi connectivity index (χ3n) is 5.95. The van der Waals surface area contributed by atoms with Gasteiger partial charge in [0.25, 0.3) is 0 Å². The van der Waals surface area contributed by atoms with Crippen LogP contribution in [0.4, 0.5) is 5.82 Å². The molecule has 0 spiro atoms. The zero-order valence-electron chi connectivity index (χ0n) is 19.0. The minimum Gasteiger partial charge on any atom is -0.460 e. The van der Waals surface area contributed by atoms with Crippen LogP contribution in [-0.4, -0.2) is 53.1 Å². The molecule has 2 aromatic heterocycles. The highest BCUT2D eigenvalue weighted by atomic mass is 35.5. The summed E-state index contributed by atoms with van der Waals surface area (Å²) in [7, 11) is -4.11. The van der Waals surface area contributed by atoms with Crippen molar-refractivity contribution >= 4 is 33.5 Å². The van der Waals surface area contributed by atoms with E-state index in [0.717, 1.165) is 5.56 Å². The zero-order chi connectivity index (χ0) is 25.9. The first kappa shape index (κ1) is 26.2. The summed E-state index contributed by atoms with van der Waals surface area (Å²) in [5.41, 5.74) is 1.40. The van der Waals surface area contributed by atoms with E-state index in [2.05, 4.69) is 19.5 Å².